The molecule has 1 aromatic rings. The van der Waals surface area contributed by atoms with Gasteiger partial charge >= 0.3 is 5.97 Å². The smallest absolute Gasteiger partial charge is 0.335 e. The maximum absolute atomic E-state index is 12.3. The van der Waals surface area contributed by atoms with Crippen molar-refractivity contribution in [2.75, 3.05) is 25.6 Å². The van der Waals surface area contributed by atoms with Crippen LogP contribution in [0.15, 0.2) is 27.6 Å². The van der Waals surface area contributed by atoms with Crippen LogP contribution in [-0.4, -0.2) is 49.4 Å². The third-order valence-electron chi connectivity index (χ3n) is 2.48. The number of sulfonamides is 1. The van der Waals surface area contributed by atoms with E-state index in [4.69, 9.17) is 5.11 Å². The van der Waals surface area contributed by atoms with Crippen LogP contribution in [0.1, 0.15) is 10.4 Å². The first-order valence-electron chi connectivity index (χ1n) is 5.29. The lowest BCUT2D eigenvalue weighted by atomic mass is 10.2. The van der Waals surface area contributed by atoms with Gasteiger partial charge in [-0.15, -0.1) is 0 Å². The Morgan fingerprint density at radius 1 is 1.47 bits per heavy atom. The zero-order valence-corrected chi connectivity index (χ0v) is 13.7. The Morgan fingerprint density at radius 2 is 2.11 bits per heavy atom. The lowest BCUT2D eigenvalue weighted by Gasteiger charge is -2.17. The highest BCUT2D eigenvalue weighted by Gasteiger charge is 2.23. The van der Waals surface area contributed by atoms with Crippen molar-refractivity contribution in [3.05, 3.63) is 28.2 Å². The average molecular weight is 368 g/mol. The van der Waals surface area contributed by atoms with Gasteiger partial charge in [0.05, 0.1) is 10.5 Å². The standard InChI is InChI=1S/C11H14BrNO4S2/c1-13(5-6-18-2)19(16,17)10-4-3-8(11(14)15)7-9(10)12/h3-4,7H,5-6H2,1-2H3,(H,14,15). The molecule has 0 aliphatic rings. The number of aromatic carboxylic acids is 1. The van der Waals surface area contributed by atoms with Crippen LogP contribution in [0.3, 0.4) is 0 Å². The second-order valence-corrected chi connectivity index (χ2v) is 7.62. The Hall–Kier alpha value is -0.570. The molecule has 8 heteroatoms. The lowest BCUT2D eigenvalue weighted by molar-refractivity contribution is 0.0696. The fourth-order valence-electron chi connectivity index (χ4n) is 1.35. The van der Waals surface area contributed by atoms with E-state index in [0.717, 1.165) is 0 Å². The predicted molar refractivity (Wildman–Crippen MR) is 79.3 cm³/mol. The summed E-state index contributed by atoms with van der Waals surface area (Å²) in [5.41, 5.74) is 0.0394. The fourth-order valence-corrected chi connectivity index (χ4v) is 4.13. The van der Waals surface area contributed by atoms with E-state index in [2.05, 4.69) is 15.9 Å². The summed E-state index contributed by atoms with van der Waals surface area (Å²) in [4.78, 5) is 10.9. The van der Waals surface area contributed by atoms with Gasteiger partial charge in [0.25, 0.3) is 0 Å². The Labute approximate surface area is 125 Å². The van der Waals surface area contributed by atoms with Crippen molar-refractivity contribution in [1.82, 2.24) is 4.31 Å². The molecule has 0 aliphatic carbocycles. The summed E-state index contributed by atoms with van der Waals surface area (Å²) in [6, 6.07) is 3.87. The summed E-state index contributed by atoms with van der Waals surface area (Å²) >= 11 is 4.67. The first-order chi connectivity index (χ1) is 8.80. The summed E-state index contributed by atoms with van der Waals surface area (Å²) < 4.78 is 26.1. The minimum absolute atomic E-state index is 0.0394. The summed E-state index contributed by atoms with van der Waals surface area (Å²) in [6.45, 7) is 0.399. The van der Waals surface area contributed by atoms with Crippen molar-refractivity contribution < 1.29 is 18.3 Å². The normalized spacial score (nSPS) is 11.8. The van der Waals surface area contributed by atoms with Gasteiger partial charge in [-0.2, -0.15) is 11.8 Å². The molecule has 0 radical (unpaired) electrons. The molecule has 5 nitrogen and oxygen atoms in total. The summed E-state index contributed by atoms with van der Waals surface area (Å²) in [6.07, 6.45) is 1.90. The molecule has 19 heavy (non-hydrogen) atoms. The van der Waals surface area contributed by atoms with Crippen molar-refractivity contribution >= 4 is 43.7 Å². The van der Waals surface area contributed by atoms with Crippen molar-refractivity contribution in [2.24, 2.45) is 0 Å². The topological polar surface area (TPSA) is 74.7 Å². The van der Waals surface area contributed by atoms with E-state index in [0.29, 0.717) is 12.3 Å². The molecular weight excluding hydrogens is 354 g/mol. The first-order valence-corrected chi connectivity index (χ1v) is 8.91. The number of benzene rings is 1. The van der Waals surface area contributed by atoms with Gasteiger partial charge in [-0.25, -0.2) is 17.5 Å². The molecule has 1 rings (SSSR count). The molecule has 0 saturated heterocycles. The van der Waals surface area contributed by atoms with E-state index in [-0.39, 0.29) is 14.9 Å². The second kappa shape index (κ2) is 6.74. The van der Waals surface area contributed by atoms with Crippen LogP contribution in [0.25, 0.3) is 0 Å². The number of rotatable bonds is 6. The van der Waals surface area contributed by atoms with Gasteiger partial charge in [0, 0.05) is 23.8 Å². The highest BCUT2D eigenvalue weighted by atomic mass is 79.9. The highest BCUT2D eigenvalue weighted by Crippen LogP contribution is 2.25. The Balaban J connectivity index is 3.12. The van der Waals surface area contributed by atoms with Crippen LogP contribution < -0.4 is 0 Å². The largest absolute Gasteiger partial charge is 0.478 e. The number of thioether (sulfide) groups is 1. The molecule has 0 heterocycles. The van der Waals surface area contributed by atoms with E-state index in [1.165, 1.54) is 29.6 Å². The third kappa shape index (κ3) is 3.95. The van der Waals surface area contributed by atoms with E-state index in [1.807, 2.05) is 6.26 Å². The van der Waals surface area contributed by atoms with Crippen molar-refractivity contribution in [1.29, 1.82) is 0 Å². The molecule has 0 aromatic heterocycles. The van der Waals surface area contributed by atoms with Crippen LogP contribution in [0.2, 0.25) is 0 Å². The number of carboxylic acids is 1. The van der Waals surface area contributed by atoms with E-state index in [9.17, 15) is 13.2 Å². The molecular formula is C11H14BrNO4S2. The van der Waals surface area contributed by atoms with Gasteiger partial charge in [0.1, 0.15) is 0 Å². The van der Waals surface area contributed by atoms with E-state index in [1.54, 1.807) is 11.8 Å². The van der Waals surface area contributed by atoms with Gasteiger partial charge < -0.3 is 5.11 Å². The number of halogens is 1. The van der Waals surface area contributed by atoms with Crippen LogP contribution in [0.4, 0.5) is 0 Å². The fraction of sp³-hybridized carbons (Fsp3) is 0.364. The maximum atomic E-state index is 12.3. The van der Waals surface area contributed by atoms with Gasteiger partial charge in [-0.05, 0) is 40.4 Å². The number of hydrogen-bond donors (Lipinski definition) is 1. The monoisotopic (exact) mass is 367 g/mol. The predicted octanol–water partition coefficient (Wildman–Crippen LogP) is 2.13. The molecule has 0 fully saturated rings. The molecule has 0 aliphatic heterocycles. The molecule has 1 N–H and O–H groups in total. The van der Waals surface area contributed by atoms with Gasteiger partial charge in [0.15, 0.2) is 0 Å². The van der Waals surface area contributed by atoms with E-state index < -0.39 is 16.0 Å². The number of nitrogens with zero attached hydrogens (tertiary/aromatic N) is 1. The molecule has 0 saturated carbocycles. The maximum Gasteiger partial charge on any atom is 0.335 e. The van der Waals surface area contributed by atoms with Gasteiger partial charge in [-0.3, -0.25) is 0 Å². The lowest BCUT2D eigenvalue weighted by Crippen LogP contribution is -2.29. The van der Waals surface area contributed by atoms with Crippen LogP contribution >= 0.6 is 27.7 Å². The second-order valence-electron chi connectivity index (χ2n) is 3.77. The molecule has 0 atom stereocenters. The quantitative estimate of drug-likeness (QED) is 0.833. The van der Waals surface area contributed by atoms with Crippen molar-refractivity contribution in [3.63, 3.8) is 0 Å². The molecule has 106 valence electrons. The Kier molecular flexibility index (Phi) is 5.84. The van der Waals surface area contributed by atoms with Gasteiger partial charge in [0.2, 0.25) is 10.0 Å². The average Bonchev–Trinajstić information content (AvgIpc) is 2.35. The van der Waals surface area contributed by atoms with E-state index >= 15 is 0 Å². The number of carboxylic acid groups (broad SMARTS) is 1. The van der Waals surface area contributed by atoms with Crippen LogP contribution in [-0.2, 0) is 10.0 Å². The SMILES string of the molecule is CSCCN(C)S(=O)(=O)c1ccc(C(=O)O)cc1Br. The highest BCUT2D eigenvalue weighted by molar-refractivity contribution is 9.10. The zero-order valence-electron chi connectivity index (χ0n) is 10.5. The molecule has 0 amide bonds. The number of carbonyl (C=O) groups is 1. The van der Waals surface area contributed by atoms with Crippen LogP contribution in [0, 0.1) is 0 Å². The van der Waals surface area contributed by atoms with Gasteiger partial charge in [-0.1, -0.05) is 0 Å². The Bertz CT molecular complexity index is 574. The molecule has 0 bridgehead atoms. The molecule has 0 unspecified atom stereocenters. The minimum atomic E-state index is -3.60. The van der Waals surface area contributed by atoms with Crippen LogP contribution in [0.5, 0.6) is 0 Å². The summed E-state index contributed by atoms with van der Waals surface area (Å²) in [5, 5.41) is 8.84. The minimum Gasteiger partial charge on any atom is -0.478 e. The molecule has 0 spiro atoms. The van der Waals surface area contributed by atoms with Crippen molar-refractivity contribution in [3.8, 4) is 0 Å². The first kappa shape index (κ1) is 16.5. The number of hydrogen-bond acceptors (Lipinski definition) is 4. The Morgan fingerprint density at radius 3 is 2.58 bits per heavy atom. The van der Waals surface area contributed by atoms with Crippen molar-refractivity contribution in [2.45, 2.75) is 4.90 Å². The summed E-state index contributed by atoms with van der Waals surface area (Å²) in [7, 11) is -2.10. The summed E-state index contributed by atoms with van der Waals surface area (Å²) in [5.74, 6) is -0.402. The zero-order chi connectivity index (χ0) is 14.6. The molecule has 1 aromatic carbocycles. The third-order valence-corrected chi connectivity index (χ3v) is 5.90.